The summed E-state index contributed by atoms with van der Waals surface area (Å²) < 4.78 is 10.4. The van der Waals surface area contributed by atoms with E-state index in [0.29, 0.717) is 12.4 Å². The zero-order valence-electron chi connectivity index (χ0n) is 11.4. The minimum absolute atomic E-state index is 0.326. The summed E-state index contributed by atoms with van der Waals surface area (Å²) in [7, 11) is 0. The van der Waals surface area contributed by atoms with Crippen LogP contribution >= 0.6 is 0 Å². The van der Waals surface area contributed by atoms with Gasteiger partial charge in [-0.2, -0.15) is 0 Å². The van der Waals surface area contributed by atoms with E-state index in [4.69, 9.17) is 9.47 Å². The van der Waals surface area contributed by atoms with Crippen molar-refractivity contribution in [3.63, 3.8) is 0 Å². The highest BCUT2D eigenvalue weighted by Gasteiger charge is 2.15. The van der Waals surface area contributed by atoms with Gasteiger partial charge in [-0.1, -0.05) is 25.5 Å². The summed E-state index contributed by atoms with van der Waals surface area (Å²) in [5.74, 6) is 0.378. The van der Waals surface area contributed by atoms with Crippen LogP contribution in [0.2, 0.25) is 0 Å². The number of hydrogen-bond donors (Lipinski definition) is 0. The average molecular weight is 250 g/mol. The van der Waals surface area contributed by atoms with E-state index < -0.39 is 6.10 Å². The molecule has 3 heteroatoms. The molecule has 0 aliphatic carbocycles. The number of aryl methyl sites for hydroxylation is 1. The van der Waals surface area contributed by atoms with E-state index in [1.54, 1.807) is 13.8 Å². The largest absolute Gasteiger partial charge is 0.479 e. The lowest BCUT2D eigenvalue weighted by Crippen LogP contribution is -2.26. The number of carbonyl (C=O) groups is 1. The number of carbonyl (C=O) groups excluding carboxylic acids is 1. The Labute approximate surface area is 109 Å². The third kappa shape index (κ3) is 4.78. The minimum atomic E-state index is -0.563. The van der Waals surface area contributed by atoms with Gasteiger partial charge in [0.1, 0.15) is 5.75 Å². The number of ether oxygens (including phenoxy) is 2. The number of hydrogen-bond acceptors (Lipinski definition) is 3. The molecular formula is C15H22O3. The molecule has 0 saturated heterocycles. The smallest absolute Gasteiger partial charge is 0.347 e. The molecule has 1 unspecified atom stereocenters. The van der Waals surface area contributed by atoms with Gasteiger partial charge in [0.15, 0.2) is 6.10 Å². The molecular weight excluding hydrogens is 228 g/mol. The maximum Gasteiger partial charge on any atom is 0.347 e. The molecule has 0 saturated carbocycles. The average Bonchev–Trinajstić information content (AvgIpc) is 2.38. The molecule has 0 radical (unpaired) electrons. The Morgan fingerprint density at radius 1 is 1.22 bits per heavy atom. The van der Waals surface area contributed by atoms with E-state index in [9.17, 15) is 4.79 Å². The monoisotopic (exact) mass is 250 g/mol. The zero-order valence-corrected chi connectivity index (χ0v) is 11.4. The topological polar surface area (TPSA) is 35.5 Å². The van der Waals surface area contributed by atoms with Crippen LogP contribution in [0.4, 0.5) is 0 Å². The third-order valence-corrected chi connectivity index (χ3v) is 2.67. The number of rotatable bonds is 7. The van der Waals surface area contributed by atoms with Crippen molar-refractivity contribution < 1.29 is 14.3 Å². The van der Waals surface area contributed by atoms with Gasteiger partial charge in [0.2, 0.25) is 0 Å². The van der Waals surface area contributed by atoms with Gasteiger partial charge >= 0.3 is 5.97 Å². The summed E-state index contributed by atoms with van der Waals surface area (Å²) in [4.78, 5) is 11.4. The standard InChI is InChI=1S/C15H22O3/c1-4-6-7-13-8-10-14(11-9-13)18-12(3)15(16)17-5-2/h8-12H,4-7H2,1-3H3. The van der Waals surface area contributed by atoms with Crippen LogP contribution in [0.15, 0.2) is 24.3 Å². The van der Waals surface area contributed by atoms with Crippen LogP contribution in [0.5, 0.6) is 5.75 Å². The maximum atomic E-state index is 11.4. The van der Waals surface area contributed by atoms with Gasteiger partial charge in [0, 0.05) is 0 Å². The first-order valence-electron chi connectivity index (χ1n) is 6.59. The SMILES string of the molecule is CCCCc1ccc(OC(C)C(=O)OCC)cc1. The Morgan fingerprint density at radius 2 is 1.89 bits per heavy atom. The Morgan fingerprint density at radius 3 is 2.44 bits per heavy atom. The minimum Gasteiger partial charge on any atom is -0.479 e. The maximum absolute atomic E-state index is 11.4. The molecule has 0 heterocycles. The van der Waals surface area contributed by atoms with E-state index >= 15 is 0 Å². The summed E-state index contributed by atoms with van der Waals surface area (Å²) in [5.41, 5.74) is 1.30. The van der Waals surface area contributed by atoms with E-state index in [-0.39, 0.29) is 5.97 Å². The molecule has 1 atom stereocenters. The van der Waals surface area contributed by atoms with E-state index in [1.165, 1.54) is 18.4 Å². The summed E-state index contributed by atoms with van der Waals surface area (Å²) in [6.07, 6.45) is 2.91. The molecule has 0 bridgehead atoms. The lowest BCUT2D eigenvalue weighted by Gasteiger charge is -2.13. The molecule has 0 spiro atoms. The number of esters is 1. The van der Waals surface area contributed by atoms with Gasteiger partial charge < -0.3 is 9.47 Å². The Kier molecular flexibility index (Phi) is 6.26. The van der Waals surface area contributed by atoms with Crippen molar-refractivity contribution in [1.29, 1.82) is 0 Å². The van der Waals surface area contributed by atoms with Crippen LogP contribution in [-0.2, 0) is 16.0 Å². The number of benzene rings is 1. The van der Waals surface area contributed by atoms with Crippen LogP contribution in [0, 0.1) is 0 Å². The van der Waals surface area contributed by atoms with Gasteiger partial charge in [-0.3, -0.25) is 0 Å². The molecule has 0 aliphatic rings. The highest BCUT2D eigenvalue weighted by atomic mass is 16.6. The predicted octanol–water partition coefficient (Wildman–Crippen LogP) is 3.36. The van der Waals surface area contributed by atoms with Crippen molar-refractivity contribution in [1.82, 2.24) is 0 Å². The molecule has 0 N–H and O–H groups in total. The van der Waals surface area contributed by atoms with Gasteiger partial charge in [0.05, 0.1) is 6.61 Å². The molecule has 0 amide bonds. The van der Waals surface area contributed by atoms with E-state index in [1.807, 2.05) is 24.3 Å². The van der Waals surface area contributed by atoms with Crippen LogP contribution < -0.4 is 4.74 Å². The van der Waals surface area contributed by atoms with Crippen molar-refractivity contribution in [2.24, 2.45) is 0 Å². The summed E-state index contributed by atoms with van der Waals surface area (Å²) >= 11 is 0. The fraction of sp³-hybridized carbons (Fsp3) is 0.533. The summed E-state index contributed by atoms with van der Waals surface area (Å²) in [5, 5.41) is 0. The van der Waals surface area contributed by atoms with Crippen LogP contribution in [-0.4, -0.2) is 18.7 Å². The molecule has 1 aromatic carbocycles. The van der Waals surface area contributed by atoms with E-state index in [0.717, 1.165) is 6.42 Å². The van der Waals surface area contributed by atoms with Gasteiger partial charge in [-0.25, -0.2) is 4.79 Å². The molecule has 18 heavy (non-hydrogen) atoms. The molecule has 1 rings (SSSR count). The molecule has 0 aromatic heterocycles. The second kappa shape index (κ2) is 7.75. The first kappa shape index (κ1) is 14.6. The van der Waals surface area contributed by atoms with Crippen molar-refractivity contribution in [2.75, 3.05) is 6.61 Å². The Balaban J connectivity index is 2.50. The Hall–Kier alpha value is -1.51. The van der Waals surface area contributed by atoms with Crippen molar-refractivity contribution in [2.45, 2.75) is 46.1 Å². The van der Waals surface area contributed by atoms with Crippen LogP contribution in [0.1, 0.15) is 39.2 Å². The van der Waals surface area contributed by atoms with Gasteiger partial charge in [-0.05, 0) is 44.4 Å². The lowest BCUT2D eigenvalue weighted by molar-refractivity contribution is -0.150. The number of unbranched alkanes of at least 4 members (excludes halogenated alkanes) is 1. The summed E-state index contributed by atoms with van der Waals surface area (Å²) in [6, 6.07) is 7.90. The molecule has 1 aromatic rings. The third-order valence-electron chi connectivity index (χ3n) is 2.67. The van der Waals surface area contributed by atoms with Crippen LogP contribution in [0.3, 0.4) is 0 Å². The van der Waals surface area contributed by atoms with Crippen molar-refractivity contribution >= 4 is 5.97 Å². The summed E-state index contributed by atoms with van der Waals surface area (Å²) in [6.45, 7) is 6.04. The molecule has 3 nitrogen and oxygen atoms in total. The van der Waals surface area contributed by atoms with Gasteiger partial charge in [-0.15, -0.1) is 0 Å². The lowest BCUT2D eigenvalue weighted by atomic mass is 10.1. The normalized spacial score (nSPS) is 11.9. The van der Waals surface area contributed by atoms with Gasteiger partial charge in [0.25, 0.3) is 0 Å². The molecule has 0 fully saturated rings. The molecule has 0 aliphatic heterocycles. The van der Waals surface area contributed by atoms with E-state index in [2.05, 4.69) is 6.92 Å². The van der Waals surface area contributed by atoms with Crippen molar-refractivity contribution in [3.8, 4) is 5.75 Å². The highest BCUT2D eigenvalue weighted by molar-refractivity contribution is 5.74. The first-order chi connectivity index (χ1) is 8.67. The molecule has 100 valence electrons. The highest BCUT2D eigenvalue weighted by Crippen LogP contribution is 2.15. The second-order valence-electron chi connectivity index (χ2n) is 4.26. The van der Waals surface area contributed by atoms with Crippen LogP contribution in [0.25, 0.3) is 0 Å². The second-order valence-corrected chi connectivity index (χ2v) is 4.26. The Bertz CT molecular complexity index is 357. The first-order valence-corrected chi connectivity index (χ1v) is 6.59. The zero-order chi connectivity index (χ0) is 13.4. The van der Waals surface area contributed by atoms with Crippen molar-refractivity contribution in [3.05, 3.63) is 29.8 Å². The fourth-order valence-corrected chi connectivity index (χ4v) is 1.63. The fourth-order valence-electron chi connectivity index (χ4n) is 1.63. The quantitative estimate of drug-likeness (QED) is 0.696. The predicted molar refractivity (Wildman–Crippen MR) is 71.8 cm³/mol.